The van der Waals surface area contributed by atoms with Crippen molar-refractivity contribution in [2.45, 2.75) is 6.54 Å². The second kappa shape index (κ2) is 4.90. The molecular weight excluding hydrogens is 224 g/mol. The van der Waals surface area contributed by atoms with Gasteiger partial charge in [-0.3, -0.25) is 4.99 Å². The van der Waals surface area contributed by atoms with Gasteiger partial charge in [0.05, 0.1) is 12.3 Å². The van der Waals surface area contributed by atoms with Crippen molar-refractivity contribution in [2.75, 3.05) is 7.05 Å². The highest BCUT2D eigenvalue weighted by atomic mass is 35.5. The van der Waals surface area contributed by atoms with Gasteiger partial charge in [0.25, 0.3) is 0 Å². The zero-order chi connectivity index (χ0) is 11.4. The number of nitrogens with zero attached hydrogens (tertiary/aromatic N) is 4. The molecule has 2 aromatic rings. The maximum atomic E-state index is 5.83. The van der Waals surface area contributed by atoms with Crippen LogP contribution in [0.4, 0.5) is 0 Å². The second-order valence-electron chi connectivity index (χ2n) is 3.27. The predicted molar refractivity (Wildman–Crippen MR) is 63.9 cm³/mol. The van der Waals surface area contributed by atoms with Crippen LogP contribution in [0.5, 0.6) is 0 Å². The Morgan fingerprint density at radius 3 is 2.69 bits per heavy atom. The summed E-state index contributed by atoms with van der Waals surface area (Å²) in [5.41, 5.74) is 1.99. The molecule has 0 amide bonds. The highest BCUT2D eigenvalue weighted by molar-refractivity contribution is 6.30. The highest BCUT2D eigenvalue weighted by Gasteiger charge is 2.04. The lowest BCUT2D eigenvalue weighted by Crippen LogP contribution is -2.12. The van der Waals surface area contributed by atoms with Crippen molar-refractivity contribution in [3.05, 3.63) is 47.5 Å². The molecule has 0 radical (unpaired) electrons. The maximum absolute atomic E-state index is 5.83. The molecule has 0 saturated carbocycles. The summed E-state index contributed by atoms with van der Waals surface area (Å²) in [6.45, 7) is 0.609. The number of aromatic nitrogens is 3. The van der Waals surface area contributed by atoms with E-state index in [1.807, 2.05) is 24.3 Å². The minimum atomic E-state index is 0.609. The van der Waals surface area contributed by atoms with Crippen LogP contribution in [0.15, 0.2) is 41.9 Å². The summed E-state index contributed by atoms with van der Waals surface area (Å²) < 4.78 is 1.73. The van der Waals surface area contributed by atoms with E-state index in [-0.39, 0.29) is 0 Å². The molecule has 1 aromatic heterocycles. The van der Waals surface area contributed by atoms with Gasteiger partial charge in [-0.05, 0) is 17.7 Å². The number of aliphatic imine (C=N–C) groups is 1. The molecule has 0 atom stereocenters. The van der Waals surface area contributed by atoms with E-state index in [4.69, 9.17) is 11.6 Å². The zero-order valence-electron chi connectivity index (χ0n) is 8.84. The molecule has 4 nitrogen and oxygen atoms in total. The van der Waals surface area contributed by atoms with Crippen LogP contribution in [-0.2, 0) is 6.54 Å². The Balaban J connectivity index is 2.20. The van der Waals surface area contributed by atoms with Crippen LogP contribution in [0.3, 0.4) is 0 Å². The molecule has 0 fully saturated rings. The molecule has 0 bridgehead atoms. The van der Waals surface area contributed by atoms with Crippen LogP contribution >= 0.6 is 11.6 Å². The maximum Gasteiger partial charge on any atom is 0.137 e. The van der Waals surface area contributed by atoms with Crippen LogP contribution in [0.1, 0.15) is 5.56 Å². The number of hydrogen-bond acceptors (Lipinski definition) is 3. The first kappa shape index (κ1) is 10.8. The summed E-state index contributed by atoms with van der Waals surface area (Å²) in [5.74, 6) is 0. The van der Waals surface area contributed by atoms with Gasteiger partial charge in [0.15, 0.2) is 0 Å². The Morgan fingerprint density at radius 1 is 1.38 bits per heavy atom. The summed E-state index contributed by atoms with van der Waals surface area (Å²) in [7, 11) is 1.76. The van der Waals surface area contributed by atoms with Gasteiger partial charge in [-0.15, -0.1) is 0 Å². The molecule has 5 heteroatoms. The van der Waals surface area contributed by atoms with E-state index >= 15 is 0 Å². The molecule has 2 rings (SSSR count). The number of benzene rings is 1. The van der Waals surface area contributed by atoms with Crippen molar-refractivity contribution in [2.24, 2.45) is 4.99 Å². The van der Waals surface area contributed by atoms with Crippen molar-refractivity contribution in [3.8, 4) is 0 Å². The van der Waals surface area contributed by atoms with E-state index in [1.165, 1.54) is 6.33 Å². The van der Waals surface area contributed by atoms with Gasteiger partial charge >= 0.3 is 0 Å². The monoisotopic (exact) mass is 234 g/mol. The highest BCUT2D eigenvalue weighted by Crippen LogP contribution is 2.11. The largest absolute Gasteiger partial charge is 0.290 e. The molecule has 82 valence electrons. The third kappa shape index (κ3) is 2.46. The van der Waals surface area contributed by atoms with Gasteiger partial charge < -0.3 is 0 Å². The summed E-state index contributed by atoms with van der Waals surface area (Å²) in [5, 5.41) is 4.77. The van der Waals surface area contributed by atoms with E-state index in [0.717, 1.165) is 16.3 Å². The first-order valence-electron chi connectivity index (χ1n) is 4.83. The lowest BCUT2D eigenvalue weighted by molar-refractivity contribution is 0.721. The molecule has 0 unspecified atom stereocenters. The smallest absolute Gasteiger partial charge is 0.137 e. The van der Waals surface area contributed by atoms with Crippen LogP contribution in [0.25, 0.3) is 0 Å². The quantitative estimate of drug-likeness (QED) is 0.763. The van der Waals surface area contributed by atoms with Crippen molar-refractivity contribution in [3.63, 3.8) is 0 Å². The Morgan fingerprint density at radius 2 is 2.12 bits per heavy atom. The summed E-state index contributed by atoms with van der Waals surface area (Å²) in [6, 6.07) is 7.59. The third-order valence-electron chi connectivity index (χ3n) is 2.23. The van der Waals surface area contributed by atoms with Crippen LogP contribution in [-0.4, -0.2) is 27.5 Å². The first-order valence-corrected chi connectivity index (χ1v) is 5.21. The van der Waals surface area contributed by atoms with E-state index in [0.29, 0.717) is 6.54 Å². The molecule has 0 aliphatic rings. The van der Waals surface area contributed by atoms with Crippen LogP contribution < -0.4 is 0 Å². The van der Waals surface area contributed by atoms with Gasteiger partial charge in [0, 0.05) is 12.1 Å². The number of hydrogen-bond donors (Lipinski definition) is 0. The van der Waals surface area contributed by atoms with Crippen molar-refractivity contribution >= 4 is 17.3 Å². The fourth-order valence-electron chi connectivity index (χ4n) is 1.40. The molecule has 0 saturated heterocycles. The fraction of sp³-hybridized carbons (Fsp3) is 0.182. The molecule has 0 spiro atoms. The Kier molecular flexibility index (Phi) is 3.31. The van der Waals surface area contributed by atoms with Gasteiger partial charge in [0.1, 0.15) is 12.7 Å². The molecule has 1 heterocycles. The third-order valence-corrected chi connectivity index (χ3v) is 2.48. The normalized spacial score (nSPS) is 11.8. The van der Waals surface area contributed by atoms with Crippen molar-refractivity contribution in [1.82, 2.24) is 14.8 Å². The molecule has 0 aliphatic carbocycles. The standard InChI is InChI=1S/C11H11ClN4/c1-13-11(6-16-8-14-7-15-16)9-2-4-10(12)5-3-9/h2-5,7-8H,6H2,1H3. The Hall–Kier alpha value is -1.68. The lowest BCUT2D eigenvalue weighted by atomic mass is 10.1. The average molecular weight is 235 g/mol. The zero-order valence-corrected chi connectivity index (χ0v) is 9.59. The van der Waals surface area contributed by atoms with Crippen molar-refractivity contribution < 1.29 is 0 Å². The number of halogens is 1. The van der Waals surface area contributed by atoms with E-state index in [9.17, 15) is 0 Å². The van der Waals surface area contributed by atoms with Gasteiger partial charge in [-0.1, -0.05) is 23.7 Å². The van der Waals surface area contributed by atoms with Crippen LogP contribution in [0, 0.1) is 0 Å². The molecular formula is C11H11ClN4. The first-order chi connectivity index (χ1) is 7.79. The lowest BCUT2D eigenvalue weighted by Gasteiger charge is -2.05. The molecule has 0 aliphatic heterocycles. The molecule has 16 heavy (non-hydrogen) atoms. The molecule has 0 N–H and O–H groups in total. The Labute approximate surface area is 98.6 Å². The van der Waals surface area contributed by atoms with E-state index < -0.39 is 0 Å². The van der Waals surface area contributed by atoms with Gasteiger partial charge in [0.2, 0.25) is 0 Å². The minimum absolute atomic E-state index is 0.609. The SMILES string of the molecule is CN=C(Cn1cncn1)c1ccc(Cl)cc1. The molecule has 1 aromatic carbocycles. The Bertz CT molecular complexity index is 473. The van der Waals surface area contributed by atoms with Gasteiger partial charge in [-0.25, -0.2) is 9.67 Å². The number of rotatable bonds is 3. The fourth-order valence-corrected chi connectivity index (χ4v) is 1.53. The topological polar surface area (TPSA) is 43.1 Å². The van der Waals surface area contributed by atoms with Crippen LogP contribution in [0.2, 0.25) is 5.02 Å². The van der Waals surface area contributed by atoms with Crippen molar-refractivity contribution in [1.29, 1.82) is 0 Å². The predicted octanol–water partition coefficient (Wildman–Crippen LogP) is 2.05. The summed E-state index contributed by atoms with van der Waals surface area (Å²) in [6.07, 6.45) is 3.18. The summed E-state index contributed by atoms with van der Waals surface area (Å²) >= 11 is 5.83. The van der Waals surface area contributed by atoms with Gasteiger partial charge in [-0.2, -0.15) is 5.10 Å². The van der Waals surface area contributed by atoms with E-state index in [2.05, 4.69) is 15.1 Å². The van der Waals surface area contributed by atoms with E-state index in [1.54, 1.807) is 18.1 Å². The minimum Gasteiger partial charge on any atom is -0.290 e. The summed E-state index contributed by atoms with van der Waals surface area (Å²) in [4.78, 5) is 8.14. The average Bonchev–Trinajstić information content (AvgIpc) is 2.80. The second-order valence-corrected chi connectivity index (χ2v) is 3.71.